The van der Waals surface area contributed by atoms with E-state index in [-0.39, 0.29) is 36.2 Å². The summed E-state index contributed by atoms with van der Waals surface area (Å²) in [6.07, 6.45) is 1.06. The van der Waals surface area contributed by atoms with Gasteiger partial charge in [-0.3, -0.25) is 9.59 Å². The number of carbonyl (C=O) groups is 2. The Labute approximate surface area is 242 Å². The molecule has 3 rings (SSSR count). The summed E-state index contributed by atoms with van der Waals surface area (Å²) < 4.78 is 45.9. The zero-order valence-corrected chi connectivity index (χ0v) is 24.3. The Morgan fingerprint density at radius 3 is 2.22 bits per heavy atom. The van der Waals surface area contributed by atoms with Crippen LogP contribution >= 0.6 is 0 Å². The highest BCUT2D eigenvalue weighted by Gasteiger charge is 2.31. The van der Waals surface area contributed by atoms with Gasteiger partial charge in [-0.2, -0.15) is 0 Å². The molecule has 0 saturated heterocycles. The van der Waals surface area contributed by atoms with E-state index in [1.165, 1.54) is 29.2 Å². The predicted molar refractivity (Wildman–Crippen MR) is 156 cm³/mol. The Morgan fingerprint density at radius 1 is 0.927 bits per heavy atom. The SMILES string of the molecule is CCNS(=O)(=O)c1ccc(CCC(=O)N(Cc2ccc(F)cc2)[C@H](C(=O)NCCCOCC)c2ccccc2)cc1. The number of hydrogen-bond acceptors (Lipinski definition) is 5. The first-order valence-electron chi connectivity index (χ1n) is 13.8. The number of amides is 2. The van der Waals surface area contributed by atoms with Crippen molar-refractivity contribution in [1.29, 1.82) is 0 Å². The number of benzene rings is 3. The molecule has 0 radical (unpaired) electrons. The molecule has 41 heavy (non-hydrogen) atoms. The van der Waals surface area contributed by atoms with Gasteiger partial charge in [-0.25, -0.2) is 17.5 Å². The molecule has 8 nitrogen and oxygen atoms in total. The highest BCUT2D eigenvalue weighted by molar-refractivity contribution is 7.89. The average Bonchev–Trinajstić information content (AvgIpc) is 2.97. The van der Waals surface area contributed by atoms with Crippen LogP contribution in [0, 0.1) is 5.82 Å². The predicted octanol–water partition coefficient (Wildman–Crippen LogP) is 4.37. The summed E-state index contributed by atoms with van der Waals surface area (Å²) in [4.78, 5) is 29.0. The second-order valence-corrected chi connectivity index (χ2v) is 11.2. The average molecular weight is 584 g/mol. The molecule has 0 spiro atoms. The van der Waals surface area contributed by atoms with Crippen molar-refractivity contribution in [2.24, 2.45) is 0 Å². The highest BCUT2D eigenvalue weighted by Crippen LogP contribution is 2.25. The van der Waals surface area contributed by atoms with Crippen molar-refractivity contribution < 1.29 is 27.1 Å². The van der Waals surface area contributed by atoms with Crippen LogP contribution < -0.4 is 10.0 Å². The van der Waals surface area contributed by atoms with Crippen LogP contribution in [0.25, 0.3) is 0 Å². The molecule has 3 aromatic carbocycles. The fourth-order valence-electron chi connectivity index (χ4n) is 4.35. The maximum Gasteiger partial charge on any atom is 0.247 e. The third-order valence-electron chi connectivity index (χ3n) is 6.43. The Morgan fingerprint density at radius 2 is 1.59 bits per heavy atom. The summed E-state index contributed by atoms with van der Waals surface area (Å²) >= 11 is 0. The van der Waals surface area contributed by atoms with Crippen LogP contribution in [-0.2, 0) is 37.3 Å². The van der Waals surface area contributed by atoms with Gasteiger partial charge in [-0.15, -0.1) is 0 Å². The van der Waals surface area contributed by atoms with E-state index in [0.717, 1.165) is 5.56 Å². The lowest BCUT2D eigenvalue weighted by Crippen LogP contribution is -2.43. The van der Waals surface area contributed by atoms with Crippen molar-refractivity contribution in [2.75, 3.05) is 26.3 Å². The van der Waals surface area contributed by atoms with Gasteiger partial charge in [0.15, 0.2) is 0 Å². The monoisotopic (exact) mass is 583 g/mol. The molecule has 220 valence electrons. The number of sulfonamides is 1. The largest absolute Gasteiger partial charge is 0.382 e. The van der Waals surface area contributed by atoms with Gasteiger partial charge in [0.05, 0.1) is 4.90 Å². The van der Waals surface area contributed by atoms with Crippen LogP contribution in [0.2, 0.25) is 0 Å². The number of aryl methyl sites for hydroxylation is 1. The number of nitrogens with zero attached hydrogens (tertiary/aromatic N) is 1. The first kappa shape index (κ1) is 31.9. The van der Waals surface area contributed by atoms with Crippen LogP contribution in [0.15, 0.2) is 83.8 Å². The minimum Gasteiger partial charge on any atom is -0.382 e. The van der Waals surface area contributed by atoms with E-state index in [9.17, 15) is 22.4 Å². The summed E-state index contributed by atoms with van der Waals surface area (Å²) in [5.74, 6) is -0.976. The zero-order chi connectivity index (χ0) is 29.7. The molecule has 0 aliphatic heterocycles. The molecular weight excluding hydrogens is 545 g/mol. The first-order chi connectivity index (χ1) is 19.7. The van der Waals surface area contributed by atoms with Crippen LogP contribution in [-0.4, -0.2) is 51.4 Å². The smallest absolute Gasteiger partial charge is 0.247 e. The molecule has 0 aliphatic carbocycles. The molecule has 1 atom stereocenters. The first-order valence-corrected chi connectivity index (χ1v) is 15.3. The van der Waals surface area contributed by atoms with Crippen molar-refractivity contribution in [3.8, 4) is 0 Å². The molecule has 0 heterocycles. The molecule has 0 fully saturated rings. The number of carbonyl (C=O) groups excluding carboxylic acids is 2. The Hall–Kier alpha value is -3.60. The lowest BCUT2D eigenvalue weighted by atomic mass is 10.0. The van der Waals surface area contributed by atoms with Gasteiger partial charge in [-0.1, -0.05) is 61.5 Å². The van der Waals surface area contributed by atoms with E-state index in [1.54, 1.807) is 43.3 Å². The Balaban J connectivity index is 1.84. The van der Waals surface area contributed by atoms with Crippen LogP contribution in [0.1, 0.15) is 49.4 Å². The molecule has 3 aromatic rings. The molecule has 0 aliphatic rings. The molecular formula is C31H38FN3O5S. The van der Waals surface area contributed by atoms with Crippen molar-refractivity contribution in [3.05, 3.63) is 101 Å². The van der Waals surface area contributed by atoms with Gasteiger partial charge < -0.3 is 15.0 Å². The van der Waals surface area contributed by atoms with Gasteiger partial charge in [-0.05, 0) is 60.7 Å². The number of ether oxygens (including phenoxy) is 1. The standard InChI is InChI=1S/C31H38FN3O5S/c1-3-34-41(38,39)28-18-13-24(14-19-28)15-20-29(36)35(23-25-11-16-27(32)17-12-25)30(26-9-6-5-7-10-26)31(37)33-21-8-22-40-4-2/h5-7,9-14,16-19,30,34H,3-4,8,15,20-23H2,1-2H3,(H,33,37)/t30-/m0/s1. The topological polar surface area (TPSA) is 105 Å². The zero-order valence-electron chi connectivity index (χ0n) is 23.5. The molecule has 2 amide bonds. The molecule has 10 heteroatoms. The third kappa shape index (κ3) is 9.77. The van der Waals surface area contributed by atoms with E-state index in [1.807, 2.05) is 25.1 Å². The van der Waals surface area contributed by atoms with E-state index in [2.05, 4.69) is 10.0 Å². The number of rotatable bonds is 16. The summed E-state index contributed by atoms with van der Waals surface area (Å²) in [6, 6.07) is 20.4. The maximum atomic E-state index is 13.8. The normalized spacial score (nSPS) is 12.1. The quantitative estimate of drug-likeness (QED) is 0.244. The van der Waals surface area contributed by atoms with E-state index >= 15 is 0 Å². The van der Waals surface area contributed by atoms with Crippen molar-refractivity contribution >= 4 is 21.8 Å². The lowest BCUT2D eigenvalue weighted by Gasteiger charge is -2.32. The second-order valence-electron chi connectivity index (χ2n) is 9.45. The highest BCUT2D eigenvalue weighted by atomic mass is 32.2. The molecule has 0 aromatic heterocycles. The third-order valence-corrected chi connectivity index (χ3v) is 7.99. The van der Waals surface area contributed by atoms with Crippen molar-refractivity contribution in [2.45, 2.75) is 50.6 Å². The number of hydrogen-bond donors (Lipinski definition) is 2. The van der Waals surface area contributed by atoms with Gasteiger partial charge in [0.1, 0.15) is 11.9 Å². The van der Waals surface area contributed by atoms with Gasteiger partial charge in [0, 0.05) is 39.3 Å². The van der Waals surface area contributed by atoms with E-state index in [4.69, 9.17) is 4.74 Å². The fourth-order valence-corrected chi connectivity index (χ4v) is 5.39. The van der Waals surface area contributed by atoms with Gasteiger partial charge in [0.2, 0.25) is 21.8 Å². The molecule has 0 saturated carbocycles. The minimum atomic E-state index is -3.58. The Kier molecular flexibility index (Phi) is 12.5. The van der Waals surface area contributed by atoms with Crippen LogP contribution in [0.4, 0.5) is 4.39 Å². The molecule has 0 bridgehead atoms. The summed E-state index contributed by atoms with van der Waals surface area (Å²) in [7, 11) is -3.58. The Bertz CT molecular complexity index is 1350. The number of halogens is 1. The van der Waals surface area contributed by atoms with Crippen LogP contribution in [0.5, 0.6) is 0 Å². The fraction of sp³-hybridized carbons (Fsp3) is 0.355. The molecule has 0 unspecified atom stereocenters. The van der Waals surface area contributed by atoms with Crippen molar-refractivity contribution in [1.82, 2.24) is 14.9 Å². The summed E-state index contributed by atoms with van der Waals surface area (Å²) in [5, 5.41) is 2.94. The minimum absolute atomic E-state index is 0.0848. The van der Waals surface area contributed by atoms with Crippen LogP contribution in [0.3, 0.4) is 0 Å². The van der Waals surface area contributed by atoms with Crippen molar-refractivity contribution in [3.63, 3.8) is 0 Å². The summed E-state index contributed by atoms with van der Waals surface area (Å²) in [5.41, 5.74) is 2.12. The summed E-state index contributed by atoms with van der Waals surface area (Å²) in [6.45, 7) is 5.50. The van der Waals surface area contributed by atoms with Gasteiger partial charge in [0.25, 0.3) is 0 Å². The maximum absolute atomic E-state index is 13.8. The van der Waals surface area contributed by atoms with E-state index in [0.29, 0.717) is 43.7 Å². The second kappa shape index (κ2) is 16.0. The lowest BCUT2D eigenvalue weighted by molar-refractivity contribution is -0.141. The van der Waals surface area contributed by atoms with E-state index < -0.39 is 21.9 Å². The molecule has 2 N–H and O–H groups in total. The van der Waals surface area contributed by atoms with Gasteiger partial charge >= 0.3 is 0 Å². The number of nitrogens with one attached hydrogen (secondary N) is 2.